The number of aromatic nitrogens is 1. The van der Waals surface area contributed by atoms with Crippen molar-refractivity contribution in [3.05, 3.63) is 27.3 Å². The van der Waals surface area contributed by atoms with E-state index < -0.39 is 16.7 Å². The maximum absolute atomic E-state index is 13.6. The fourth-order valence-corrected chi connectivity index (χ4v) is 1.48. The third kappa shape index (κ3) is 3.33. The molecule has 5 nitrogen and oxygen atoms in total. The molecule has 1 rings (SSSR count). The Balaban J connectivity index is 3.05. The molecule has 106 valence electrons. The van der Waals surface area contributed by atoms with Crippen LogP contribution in [-0.4, -0.2) is 18.0 Å². The summed E-state index contributed by atoms with van der Waals surface area (Å²) < 4.78 is 18.6. The van der Waals surface area contributed by atoms with E-state index in [4.69, 9.17) is 4.74 Å². The Morgan fingerprint density at radius 2 is 2.00 bits per heavy atom. The summed E-state index contributed by atoms with van der Waals surface area (Å²) in [7, 11) is 1.37. The normalized spacial score (nSPS) is 11.3. The Kier molecular flexibility index (Phi) is 4.34. The monoisotopic (exact) mass is 270 g/mol. The lowest BCUT2D eigenvalue weighted by molar-refractivity contribution is -0.128. The summed E-state index contributed by atoms with van der Waals surface area (Å²) in [6.45, 7) is 6.61. The molecule has 0 aliphatic carbocycles. The molecule has 1 aromatic heterocycles. The second-order valence-electron chi connectivity index (χ2n) is 5.34. The molecule has 0 aliphatic heterocycles. The second kappa shape index (κ2) is 5.42. The topological polar surface area (TPSA) is 71.2 Å². The van der Waals surface area contributed by atoms with Crippen LogP contribution in [0.3, 0.4) is 0 Å². The Morgan fingerprint density at radius 3 is 2.47 bits per heavy atom. The summed E-state index contributed by atoms with van der Waals surface area (Å²) in [6.07, 6.45) is 0. The van der Waals surface area contributed by atoms with Gasteiger partial charge in [0.1, 0.15) is 0 Å². The van der Waals surface area contributed by atoms with Crippen molar-refractivity contribution in [1.82, 2.24) is 10.3 Å². The van der Waals surface area contributed by atoms with Crippen molar-refractivity contribution in [2.75, 3.05) is 7.11 Å². The minimum absolute atomic E-state index is 0.0724. The molecule has 0 saturated carbocycles. The zero-order valence-corrected chi connectivity index (χ0v) is 11.8. The smallest absolute Gasteiger partial charge is 0.226 e. The SMILES string of the molecule is COc1[nH]c(C)c(F)c(=O)c1CNC(=O)C(C)(C)C. The van der Waals surface area contributed by atoms with Crippen LogP contribution in [0.2, 0.25) is 0 Å². The van der Waals surface area contributed by atoms with Crippen LogP contribution in [-0.2, 0) is 11.3 Å². The molecule has 19 heavy (non-hydrogen) atoms. The minimum Gasteiger partial charge on any atom is -0.482 e. The number of methoxy groups -OCH3 is 1. The van der Waals surface area contributed by atoms with Gasteiger partial charge >= 0.3 is 0 Å². The number of amides is 1. The molecular weight excluding hydrogens is 251 g/mol. The Bertz CT molecular complexity index is 544. The first-order valence-electron chi connectivity index (χ1n) is 5.92. The average molecular weight is 270 g/mol. The van der Waals surface area contributed by atoms with Gasteiger partial charge in [0.05, 0.1) is 24.9 Å². The number of H-pyrrole nitrogens is 1. The number of nitrogens with one attached hydrogen (secondary N) is 2. The summed E-state index contributed by atoms with van der Waals surface area (Å²) in [6, 6.07) is 0. The fourth-order valence-electron chi connectivity index (χ4n) is 1.48. The predicted octanol–water partition coefficient (Wildman–Crippen LogP) is 1.49. The van der Waals surface area contributed by atoms with Crippen molar-refractivity contribution < 1.29 is 13.9 Å². The van der Waals surface area contributed by atoms with E-state index in [1.807, 2.05) is 0 Å². The molecule has 0 bridgehead atoms. The molecule has 0 spiro atoms. The van der Waals surface area contributed by atoms with Crippen LogP contribution in [0.25, 0.3) is 0 Å². The van der Waals surface area contributed by atoms with Gasteiger partial charge in [0.2, 0.25) is 11.3 Å². The van der Waals surface area contributed by atoms with Crippen molar-refractivity contribution in [1.29, 1.82) is 0 Å². The first-order chi connectivity index (χ1) is 8.68. The number of carbonyl (C=O) groups is 1. The predicted molar refractivity (Wildman–Crippen MR) is 69.6 cm³/mol. The number of pyridine rings is 1. The lowest BCUT2D eigenvalue weighted by atomic mass is 9.95. The molecule has 6 heteroatoms. The van der Waals surface area contributed by atoms with Gasteiger partial charge in [-0.05, 0) is 6.92 Å². The highest BCUT2D eigenvalue weighted by Crippen LogP contribution is 2.16. The number of carbonyl (C=O) groups excluding carboxylic acids is 1. The number of aromatic amines is 1. The number of ether oxygens (including phenoxy) is 1. The van der Waals surface area contributed by atoms with Crippen LogP contribution in [0.1, 0.15) is 32.0 Å². The van der Waals surface area contributed by atoms with Gasteiger partial charge in [-0.15, -0.1) is 0 Å². The zero-order valence-electron chi connectivity index (χ0n) is 11.8. The van der Waals surface area contributed by atoms with Crippen molar-refractivity contribution >= 4 is 5.91 Å². The van der Waals surface area contributed by atoms with Gasteiger partial charge < -0.3 is 15.0 Å². The van der Waals surface area contributed by atoms with Gasteiger partial charge in [-0.3, -0.25) is 9.59 Å². The summed E-state index contributed by atoms with van der Waals surface area (Å²) >= 11 is 0. The Morgan fingerprint density at radius 1 is 1.42 bits per heavy atom. The van der Waals surface area contributed by atoms with Crippen LogP contribution < -0.4 is 15.5 Å². The maximum Gasteiger partial charge on any atom is 0.226 e. The summed E-state index contributed by atoms with van der Waals surface area (Å²) in [4.78, 5) is 26.2. The quantitative estimate of drug-likeness (QED) is 0.874. The van der Waals surface area contributed by atoms with Crippen molar-refractivity contribution in [2.24, 2.45) is 5.41 Å². The molecule has 0 fully saturated rings. The second-order valence-corrected chi connectivity index (χ2v) is 5.34. The number of aryl methyl sites for hydroxylation is 1. The zero-order chi connectivity index (χ0) is 14.8. The molecule has 0 unspecified atom stereocenters. The standard InChI is InChI=1S/C13H19FN2O3/c1-7-9(14)10(17)8(11(16-7)19-5)6-15-12(18)13(2,3)4/h6H2,1-5H3,(H,15,18)(H,16,17). The number of hydrogen-bond acceptors (Lipinski definition) is 3. The summed E-state index contributed by atoms with van der Waals surface area (Å²) in [5.41, 5.74) is -1.17. The van der Waals surface area contributed by atoms with Crippen LogP contribution in [0.4, 0.5) is 4.39 Å². The van der Waals surface area contributed by atoms with Crippen LogP contribution in [0.15, 0.2) is 4.79 Å². The molecule has 0 aromatic carbocycles. The van der Waals surface area contributed by atoms with Crippen LogP contribution in [0, 0.1) is 18.2 Å². The number of halogens is 1. The molecule has 2 N–H and O–H groups in total. The van der Waals surface area contributed by atoms with Crippen LogP contribution >= 0.6 is 0 Å². The lowest BCUT2D eigenvalue weighted by Crippen LogP contribution is -2.36. The third-order valence-electron chi connectivity index (χ3n) is 2.69. The lowest BCUT2D eigenvalue weighted by Gasteiger charge is -2.18. The van der Waals surface area contributed by atoms with E-state index in [2.05, 4.69) is 10.3 Å². The first kappa shape index (κ1) is 15.2. The van der Waals surface area contributed by atoms with Gasteiger partial charge in [-0.1, -0.05) is 20.8 Å². The molecule has 1 aromatic rings. The fraction of sp³-hybridized carbons (Fsp3) is 0.538. The highest BCUT2D eigenvalue weighted by atomic mass is 19.1. The van der Waals surface area contributed by atoms with Gasteiger partial charge in [-0.25, -0.2) is 4.39 Å². The maximum atomic E-state index is 13.6. The van der Waals surface area contributed by atoms with E-state index in [1.165, 1.54) is 14.0 Å². The minimum atomic E-state index is -0.860. The van der Waals surface area contributed by atoms with E-state index in [0.29, 0.717) is 0 Å². The highest BCUT2D eigenvalue weighted by molar-refractivity contribution is 5.81. The van der Waals surface area contributed by atoms with Crippen molar-refractivity contribution in [3.8, 4) is 5.88 Å². The third-order valence-corrected chi connectivity index (χ3v) is 2.69. The van der Waals surface area contributed by atoms with E-state index in [-0.39, 0.29) is 29.6 Å². The van der Waals surface area contributed by atoms with Crippen LogP contribution in [0.5, 0.6) is 5.88 Å². The molecule has 0 radical (unpaired) electrons. The van der Waals surface area contributed by atoms with Crippen molar-refractivity contribution in [3.63, 3.8) is 0 Å². The van der Waals surface area contributed by atoms with E-state index in [9.17, 15) is 14.0 Å². The molecule has 0 saturated heterocycles. The molecule has 0 aliphatic rings. The molecular formula is C13H19FN2O3. The largest absolute Gasteiger partial charge is 0.482 e. The molecule has 1 heterocycles. The van der Waals surface area contributed by atoms with Gasteiger partial charge in [0.25, 0.3) is 0 Å². The number of rotatable bonds is 3. The van der Waals surface area contributed by atoms with E-state index in [0.717, 1.165) is 0 Å². The van der Waals surface area contributed by atoms with Gasteiger partial charge in [-0.2, -0.15) is 0 Å². The Hall–Kier alpha value is -1.85. The summed E-state index contributed by atoms with van der Waals surface area (Å²) in [5.74, 6) is -0.922. The van der Waals surface area contributed by atoms with E-state index >= 15 is 0 Å². The molecule has 0 atom stereocenters. The van der Waals surface area contributed by atoms with Gasteiger partial charge in [0, 0.05) is 5.41 Å². The van der Waals surface area contributed by atoms with Crippen molar-refractivity contribution in [2.45, 2.75) is 34.2 Å². The first-order valence-corrected chi connectivity index (χ1v) is 5.92. The highest BCUT2D eigenvalue weighted by Gasteiger charge is 2.22. The number of hydrogen-bond donors (Lipinski definition) is 2. The van der Waals surface area contributed by atoms with E-state index in [1.54, 1.807) is 20.8 Å². The molecule has 1 amide bonds. The average Bonchev–Trinajstić information content (AvgIpc) is 2.32. The summed E-state index contributed by atoms with van der Waals surface area (Å²) in [5, 5.41) is 2.60. The Labute approximate surface area is 111 Å². The van der Waals surface area contributed by atoms with Gasteiger partial charge in [0.15, 0.2) is 11.7 Å².